The number of hydrogen-bond acceptors (Lipinski definition) is 8. The topological polar surface area (TPSA) is 66.4 Å². The summed E-state index contributed by atoms with van der Waals surface area (Å²) in [6.07, 6.45) is 2.23. The van der Waals surface area contributed by atoms with Gasteiger partial charge in [-0.15, -0.1) is 0 Å². The SMILES string of the molecule is CCc1cccc2sc(N3CCN(c4nc5ccc(S(C)(=O)=O)cc5s4)CC3)nc12. The standard InChI is InChI=1S/C21H22N4O2S3/c1-3-14-5-4-6-17-19(14)23-21(28-17)25-11-9-24(10-12-25)20-22-16-8-7-15(30(2,26)27)13-18(16)29-20/h4-8,13H,3,9-12H2,1-2H3. The minimum atomic E-state index is -3.21. The third-order valence-corrected chi connectivity index (χ3v) is 8.74. The number of para-hydroxylation sites is 1. The number of aromatic nitrogens is 2. The number of sulfone groups is 1. The predicted molar refractivity (Wildman–Crippen MR) is 126 cm³/mol. The zero-order chi connectivity index (χ0) is 20.9. The van der Waals surface area contributed by atoms with E-state index in [1.54, 1.807) is 40.9 Å². The normalized spacial score (nSPS) is 15.4. The summed E-state index contributed by atoms with van der Waals surface area (Å²) in [7, 11) is -3.21. The maximum atomic E-state index is 11.8. The van der Waals surface area contributed by atoms with Crippen LogP contribution in [0.15, 0.2) is 41.3 Å². The summed E-state index contributed by atoms with van der Waals surface area (Å²) in [5, 5.41) is 2.04. The van der Waals surface area contributed by atoms with Crippen molar-refractivity contribution in [1.29, 1.82) is 0 Å². The molecule has 0 aliphatic carbocycles. The molecule has 0 radical (unpaired) electrons. The fourth-order valence-corrected chi connectivity index (χ4v) is 6.61. The maximum Gasteiger partial charge on any atom is 0.186 e. The van der Waals surface area contributed by atoms with Crippen molar-refractivity contribution in [3.63, 3.8) is 0 Å². The first-order valence-electron chi connectivity index (χ1n) is 9.91. The molecule has 30 heavy (non-hydrogen) atoms. The Morgan fingerprint density at radius 1 is 0.933 bits per heavy atom. The smallest absolute Gasteiger partial charge is 0.186 e. The fraction of sp³-hybridized carbons (Fsp3) is 0.333. The van der Waals surface area contributed by atoms with Crippen LogP contribution in [-0.4, -0.2) is 50.8 Å². The third-order valence-electron chi connectivity index (χ3n) is 5.47. The highest BCUT2D eigenvalue weighted by molar-refractivity contribution is 7.90. The molecule has 4 aromatic rings. The van der Waals surface area contributed by atoms with Crippen molar-refractivity contribution in [3.8, 4) is 0 Å². The van der Waals surface area contributed by atoms with E-state index in [4.69, 9.17) is 9.97 Å². The Balaban J connectivity index is 1.34. The van der Waals surface area contributed by atoms with Crippen LogP contribution < -0.4 is 9.80 Å². The Hall–Kier alpha value is -2.23. The molecule has 0 spiro atoms. The molecular weight excluding hydrogens is 436 g/mol. The summed E-state index contributed by atoms with van der Waals surface area (Å²) in [5.74, 6) is 0. The van der Waals surface area contributed by atoms with Crippen LogP contribution in [-0.2, 0) is 16.3 Å². The lowest BCUT2D eigenvalue weighted by molar-refractivity contribution is 0.602. The van der Waals surface area contributed by atoms with Gasteiger partial charge in [0.2, 0.25) is 0 Å². The highest BCUT2D eigenvalue weighted by Gasteiger charge is 2.23. The monoisotopic (exact) mass is 458 g/mol. The summed E-state index contributed by atoms with van der Waals surface area (Å²) in [4.78, 5) is 14.6. The average molecular weight is 459 g/mol. The lowest BCUT2D eigenvalue weighted by atomic mass is 10.1. The van der Waals surface area contributed by atoms with Crippen LogP contribution in [0.25, 0.3) is 20.4 Å². The van der Waals surface area contributed by atoms with Crippen molar-refractivity contribution in [1.82, 2.24) is 9.97 Å². The average Bonchev–Trinajstić information content (AvgIpc) is 3.36. The van der Waals surface area contributed by atoms with Gasteiger partial charge in [0.25, 0.3) is 0 Å². The first-order chi connectivity index (χ1) is 14.4. The van der Waals surface area contributed by atoms with Crippen LogP contribution in [0, 0.1) is 0 Å². The molecule has 2 aromatic heterocycles. The van der Waals surface area contributed by atoms with Gasteiger partial charge in [0.05, 0.1) is 25.3 Å². The Morgan fingerprint density at radius 3 is 2.27 bits per heavy atom. The van der Waals surface area contributed by atoms with Crippen LogP contribution in [0.2, 0.25) is 0 Å². The van der Waals surface area contributed by atoms with Crippen molar-refractivity contribution in [2.24, 2.45) is 0 Å². The molecule has 156 valence electrons. The van der Waals surface area contributed by atoms with Crippen molar-refractivity contribution >= 4 is 63.2 Å². The summed E-state index contributed by atoms with van der Waals surface area (Å²) >= 11 is 3.32. The molecule has 0 saturated carbocycles. The fourth-order valence-electron chi connectivity index (χ4n) is 3.76. The third kappa shape index (κ3) is 3.55. The van der Waals surface area contributed by atoms with Crippen molar-refractivity contribution in [2.75, 3.05) is 42.2 Å². The van der Waals surface area contributed by atoms with E-state index in [2.05, 4.69) is 34.9 Å². The predicted octanol–water partition coefficient (Wildman–Crippen LogP) is 4.20. The van der Waals surface area contributed by atoms with E-state index < -0.39 is 9.84 Å². The number of hydrogen-bond donors (Lipinski definition) is 0. The minimum absolute atomic E-state index is 0.345. The van der Waals surface area contributed by atoms with Crippen LogP contribution in [0.5, 0.6) is 0 Å². The summed E-state index contributed by atoms with van der Waals surface area (Å²) in [6.45, 7) is 5.70. The lowest BCUT2D eigenvalue weighted by Crippen LogP contribution is -2.46. The van der Waals surface area contributed by atoms with E-state index in [-0.39, 0.29) is 0 Å². The van der Waals surface area contributed by atoms with E-state index in [9.17, 15) is 8.42 Å². The molecule has 2 aromatic carbocycles. The molecule has 0 bridgehead atoms. The number of aryl methyl sites for hydroxylation is 1. The van der Waals surface area contributed by atoms with Gasteiger partial charge < -0.3 is 9.80 Å². The van der Waals surface area contributed by atoms with Gasteiger partial charge in [0.1, 0.15) is 0 Å². The minimum Gasteiger partial charge on any atom is -0.345 e. The van der Waals surface area contributed by atoms with Crippen molar-refractivity contribution in [3.05, 3.63) is 42.0 Å². The molecule has 6 nitrogen and oxygen atoms in total. The highest BCUT2D eigenvalue weighted by atomic mass is 32.2. The van der Waals surface area contributed by atoms with E-state index in [0.717, 1.165) is 58.6 Å². The van der Waals surface area contributed by atoms with E-state index in [1.165, 1.54) is 16.5 Å². The van der Waals surface area contributed by atoms with Gasteiger partial charge in [0, 0.05) is 32.4 Å². The van der Waals surface area contributed by atoms with E-state index in [0.29, 0.717) is 4.90 Å². The molecule has 1 aliphatic heterocycles. The Labute approximate surface area is 183 Å². The van der Waals surface area contributed by atoms with Crippen LogP contribution in [0.3, 0.4) is 0 Å². The number of nitrogens with zero attached hydrogens (tertiary/aromatic N) is 4. The molecule has 1 fully saturated rings. The molecule has 0 amide bonds. The Kier molecular flexibility index (Phi) is 4.91. The molecule has 0 unspecified atom stereocenters. The second-order valence-electron chi connectivity index (χ2n) is 7.49. The number of piperazine rings is 1. The van der Waals surface area contributed by atoms with Gasteiger partial charge in [-0.25, -0.2) is 18.4 Å². The van der Waals surface area contributed by atoms with E-state index >= 15 is 0 Å². The number of thiazole rings is 2. The van der Waals surface area contributed by atoms with Gasteiger partial charge >= 0.3 is 0 Å². The molecule has 0 N–H and O–H groups in total. The number of benzene rings is 2. The van der Waals surface area contributed by atoms with Gasteiger partial charge in [0.15, 0.2) is 20.1 Å². The van der Waals surface area contributed by atoms with Gasteiger partial charge in [-0.2, -0.15) is 0 Å². The quantitative estimate of drug-likeness (QED) is 0.457. The highest BCUT2D eigenvalue weighted by Crippen LogP contribution is 2.34. The zero-order valence-corrected chi connectivity index (χ0v) is 19.3. The summed E-state index contributed by atoms with van der Waals surface area (Å²) < 4.78 is 25.8. The molecule has 3 heterocycles. The number of rotatable bonds is 4. The van der Waals surface area contributed by atoms with Gasteiger partial charge in [-0.3, -0.25) is 0 Å². The van der Waals surface area contributed by atoms with Crippen molar-refractivity contribution in [2.45, 2.75) is 18.2 Å². The summed E-state index contributed by atoms with van der Waals surface area (Å²) in [5.41, 5.74) is 3.29. The largest absolute Gasteiger partial charge is 0.345 e. The van der Waals surface area contributed by atoms with Crippen LogP contribution >= 0.6 is 22.7 Å². The van der Waals surface area contributed by atoms with Crippen LogP contribution in [0.4, 0.5) is 10.3 Å². The van der Waals surface area contributed by atoms with Crippen LogP contribution in [0.1, 0.15) is 12.5 Å². The molecular formula is C21H22N4O2S3. The molecule has 1 aliphatic rings. The second-order valence-corrected chi connectivity index (χ2v) is 11.5. The maximum absolute atomic E-state index is 11.8. The number of fused-ring (bicyclic) bond motifs is 2. The van der Waals surface area contributed by atoms with Gasteiger partial charge in [-0.05, 0) is 36.2 Å². The molecule has 1 saturated heterocycles. The first-order valence-corrected chi connectivity index (χ1v) is 13.4. The Bertz CT molecular complexity index is 1340. The second kappa shape index (κ2) is 7.47. The first kappa shape index (κ1) is 19.7. The number of anilines is 2. The zero-order valence-electron chi connectivity index (χ0n) is 16.8. The molecule has 0 atom stereocenters. The summed E-state index contributed by atoms with van der Waals surface area (Å²) in [6, 6.07) is 11.6. The molecule has 9 heteroatoms. The lowest BCUT2D eigenvalue weighted by Gasteiger charge is -2.34. The molecule has 5 rings (SSSR count). The van der Waals surface area contributed by atoms with Crippen molar-refractivity contribution < 1.29 is 8.42 Å². The Morgan fingerprint density at radius 2 is 1.60 bits per heavy atom. The van der Waals surface area contributed by atoms with Gasteiger partial charge in [-0.1, -0.05) is 41.7 Å². The van der Waals surface area contributed by atoms with E-state index in [1.807, 2.05) is 0 Å².